The fraction of sp³-hybridized carbons (Fsp3) is 1.00. The van der Waals surface area contributed by atoms with E-state index in [1.165, 1.54) is 51.4 Å². The monoisotopic (exact) mass is 254 g/mol. The van der Waals surface area contributed by atoms with E-state index >= 15 is 0 Å². The van der Waals surface area contributed by atoms with Crippen LogP contribution >= 0.6 is 0 Å². The van der Waals surface area contributed by atoms with Crippen LogP contribution in [0, 0.1) is 11.8 Å². The van der Waals surface area contributed by atoms with Gasteiger partial charge in [-0.1, -0.05) is 25.7 Å². The van der Waals surface area contributed by atoms with Gasteiger partial charge in [-0.15, -0.1) is 0 Å². The summed E-state index contributed by atoms with van der Waals surface area (Å²) in [7, 11) is 0. The Morgan fingerprint density at radius 3 is 1.89 bits per heavy atom. The van der Waals surface area contributed by atoms with Crippen LogP contribution < -0.4 is 11.1 Å². The number of hydrogen-bond donors (Lipinski definition) is 3. The third kappa shape index (κ3) is 2.89. The molecular weight excluding hydrogens is 224 g/mol. The summed E-state index contributed by atoms with van der Waals surface area (Å²) >= 11 is 0. The van der Waals surface area contributed by atoms with Crippen molar-refractivity contribution in [1.29, 1.82) is 0 Å². The van der Waals surface area contributed by atoms with Crippen LogP contribution in [0.1, 0.15) is 57.8 Å². The lowest BCUT2D eigenvalue weighted by Gasteiger charge is -2.44. The van der Waals surface area contributed by atoms with Crippen LogP contribution in [-0.4, -0.2) is 30.3 Å². The molecule has 2 rings (SSSR count). The van der Waals surface area contributed by atoms with E-state index in [9.17, 15) is 0 Å². The van der Waals surface area contributed by atoms with Gasteiger partial charge in [-0.05, 0) is 50.5 Å². The summed E-state index contributed by atoms with van der Waals surface area (Å²) in [5, 5.41) is 12.8. The van der Waals surface area contributed by atoms with E-state index in [0.29, 0.717) is 0 Å². The Kier molecular flexibility index (Phi) is 5.46. The van der Waals surface area contributed by atoms with Crippen molar-refractivity contribution in [2.24, 2.45) is 17.6 Å². The summed E-state index contributed by atoms with van der Waals surface area (Å²) in [5.41, 5.74) is 6.39. The molecule has 106 valence electrons. The number of nitrogens with one attached hydrogen (secondary N) is 1. The highest BCUT2D eigenvalue weighted by atomic mass is 16.3. The second-order valence-electron chi connectivity index (χ2n) is 6.21. The molecule has 0 aromatic heterocycles. The number of aliphatic hydroxyl groups excluding tert-OH is 1. The summed E-state index contributed by atoms with van der Waals surface area (Å²) in [6.45, 7) is 1.97. The van der Waals surface area contributed by atoms with Crippen LogP contribution in [0.25, 0.3) is 0 Å². The van der Waals surface area contributed by atoms with E-state index in [4.69, 9.17) is 10.8 Å². The van der Waals surface area contributed by atoms with E-state index in [-0.39, 0.29) is 12.1 Å². The minimum Gasteiger partial charge on any atom is -0.396 e. The van der Waals surface area contributed by atoms with Crippen molar-refractivity contribution >= 4 is 0 Å². The molecule has 0 atom stereocenters. The van der Waals surface area contributed by atoms with E-state index in [2.05, 4.69) is 5.32 Å². The first-order valence-electron chi connectivity index (χ1n) is 7.89. The fourth-order valence-corrected chi connectivity index (χ4v) is 4.31. The molecule has 0 unspecified atom stereocenters. The summed E-state index contributed by atoms with van der Waals surface area (Å²) in [5.74, 6) is 1.54. The molecule has 0 aromatic carbocycles. The Bertz CT molecular complexity index is 217. The van der Waals surface area contributed by atoms with Crippen LogP contribution in [0.5, 0.6) is 0 Å². The normalized spacial score (nSPS) is 23.0. The zero-order valence-corrected chi connectivity index (χ0v) is 11.7. The maximum atomic E-state index is 9.00. The van der Waals surface area contributed by atoms with Crippen LogP contribution in [0.3, 0.4) is 0 Å². The van der Waals surface area contributed by atoms with E-state index in [1.54, 1.807) is 0 Å². The zero-order valence-electron chi connectivity index (χ0n) is 11.7. The van der Waals surface area contributed by atoms with Gasteiger partial charge in [-0.25, -0.2) is 0 Å². The van der Waals surface area contributed by atoms with E-state index < -0.39 is 0 Å². The molecule has 0 radical (unpaired) electrons. The summed E-state index contributed by atoms with van der Waals surface area (Å²) in [4.78, 5) is 0. The second-order valence-corrected chi connectivity index (χ2v) is 6.21. The summed E-state index contributed by atoms with van der Waals surface area (Å²) in [6.07, 6.45) is 11.7. The van der Waals surface area contributed by atoms with Gasteiger partial charge in [-0.3, -0.25) is 0 Å². The van der Waals surface area contributed by atoms with Crippen molar-refractivity contribution in [1.82, 2.24) is 5.32 Å². The molecule has 2 aliphatic rings. The molecule has 4 N–H and O–H groups in total. The quantitative estimate of drug-likeness (QED) is 0.609. The maximum absolute atomic E-state index is 9.00. The summed E-state index contributed by atoms with van der Waals surface area (Å²) < 4.78 is 0. The van der Waals surface area contributed by atoms with E-state index in [1.807, 2.05) is 0 Å². The van der Waals surface area contributed by atoms with Gasteiger partial charge >= 0.3 is 0 Å². The van der Waals surface area contributed by atoms with Gasteiger partial charge in [0.1, 0.15) is 0 Å². The maximum Gasteiger partial charge on any atom is 0.0443 e. The van der Waals surface area contributed by atoms with Gasteiger partial charge < -0.3 is 16.2 Å². The van der Waals surface area contributed by atoms with Gasteiger partial charge in [0, 0.05) is 18.7 Å². The fourth-order valence-electron chi connectivity index (χ4n) is 4.31. The molecule has 0 heterocycles. The standard InChI is InChI=1S/C15H30N2O/c16-12-15(17-10-5-11-18,13-6-1-2-7-13)14-8-3-4-9-14/h13-14,17-18H,1-12,16H2. The van der Waals surface area contributed by atoms with Gasteiger partial charge in [0.2, 0.25) is 0 Å². The molecule has 3 nitrogen and oxygen atoms in total. The van der Waals surface area contributed by atoms with Crippen LogP contribution in [-0.2, 0) is 0 Å². The predicted molar refractivity (Wildman–Crippen MR) is 75.4 cm³/mol. The number of hydrogen-bond acceptors (Lipinski definition) is 3. The van der Waals surface area contributed by atoms with Crippen molar-refractivity contribution in [3.05, 3.63) is 0 Å². The Morgan fingerprint density at radius 2 is 1.50 bits per heavy atom. The average Bonchev–Trinajstić information content (AvgIpc) is 3.07. The highest BCUT2D eigenvalue weighted by Gasteiger charge is 2.45. The summed E-state index contributed by atoms with van der Waals surface area (Å²) in [6, 6.07) is 0. The van der Waals surface area contributed by atoms with Crippen LogP contribution in [0.2, 0.25) is 0 Å². The van der Waals surface area contributed by atoms with Crippen molar-refractivity contribution in [2.45, 2.75) is 63.3 Å². The zero-order chi connectivity index (χ0) is 12.8. The minimum absolute atomic E-state index is 0.169. The lowest BCUT2D eigenvalue weighted by Crippen LogP contribution is -2.60. The SMILES string of the molecule is NCC(NCCCO)(C1CCCC1)C1CCCC1. The third-order valence-electron chi connectivity index (χ3n) is 5.29. The van der Waals surface area contributed by atoms with Gasteiger partial charge in [0.05, 0.1) is 0 Å². The highest BCUT2D eigenvalue weighted by Crippen LogP contribution is 2.44. The molecule has 2 saturated carbocycles. The Morgan fingerprint density at radius 1 is 1.00 bits per heavy atom. The van der Waals surface area contributed by atoms with E-state index in [0.717, 1.165) is 31.3 Å². The van der Waals surface area contributed by atoms with Crippen LogP contribution in [0.4, 0.5) is 0 Å². The van der Waals surface area contributed by atoms with Crippen molar-refractivity contribution < 1.29 is 5.11 Å². The lowest BCUT2D eigenvalue weighted by atomic mass is 9.71. The Balaban J connectivity index is 2.06. The molecule has 3 heteroatoms. The molecule has 18 heavy (non-hydrogen) atoms. The molecule has 0 aromatic rings. The van der Waals surface area contributed by atoms with Crippen molar-refractivity contribution in [3.63, 3.8) is 0 Å². The Labute approximate surface area is 112 Å². The predicted octanol–water partition coefficient (Wildman–Crippen LogP) is 2.04. The Hall–Kier alpha value is -0.120. The molecule has 0 bridgehead atoms. The smallest absolute Gasteiger partial charge is 0.0443 e. The average molecular weight is 254 g/mol. The first kappa shape index (κ1) is 14.3. The second kappa shape index (κ2) is 6.88. The third-order valence-corrected chi connectivity index (χ3v) is 5.29. The molecule has 0 spiro atoms. The molecule has 2 fully saturated rings. The van der Waals surface area contributed by atoms with Gasteiger partial charge in [-0.2, -0.15) is 0 Å². The number of nitrogens with two attached hydrogens (primary N) is 1. The molecule has 2 aliphatic carbocycles. The molecule has 0 amide bonds. The number of rotatable bonds is 7. The first-order valence-corrected chi connectivity index (χ1v) is 7.89. The lowest BCUT2D eigenvalue weighted by molar-refractivity contribution is 0.129. The van der Waals surface area contributed by atoms with Crippen molar-refractivity contribution in [2.75, 3.05) is 19.7 Å². The first-order chi connectivity index (χ1) is 8.83. The topological polar surface area (TPSA) is 58.3 Å². The minimum atomic E-state index is 0.169. The van der Waals surface area contributed by atoms with Crippen molar-refractivity contribution in [3.8, 4) is 0 Å². The van der Waals surface area contributed by atoms with Gasteiger partial charge in [0.15, 0.2) is 0 Å². The van der Waals surface area contributed by atoms with Crippen LogP contribution in [0.15, 0.2) is 0 Å². The highest BCUT2D eigenvalue weighted by molar-refractivity contribution is 5.03. The largest absolute Gasteiger partial charge is 0.396 e. The number of aliphatic hydroxyl groups is 1. The van der Waals surface area contributed by atoms with Gasteiger partial charge in [0.25, 0.3) is 0 Å². The molecule has 0 aliphatic heterocycles. The molecule has 0 saturated heterocycles. The molecular formula is C15H30N2O.